The van der Waals surface area contributed by atoms with Crippen LogP contribution in [0.5, 0.6) is 0 Å². The molecule has 0 saturated carbocycles. The van der Waals surface area contributed by atoms with Crippen LogP contribution in [0.3, 0.4) is 0 Å². The molecule has 2 fully saturated rings. The Bertz CT molecular complexity index is 799. The third-order valence-corrected chi connectivity index (χ3v) is 4.89. The lowest BCUT2D eigenvalue weighted by Crippen LogP contribution is -2.37. The van der Waals surface area contributed by atoms with Crippen LogP contribution in [-0.4, -0.2) is 39.1 Å². The van der Waals surface area contributed by atoms with Gasteiger partial charge in [-0.2, -0.15) is 5.10 Å². The Kier molecular flexibility index (Phi) is 3.63. The molecule has 0 radical (unpaired) electrons. The molecule has 23 heavy (non-hydrogen) atoms. The summed E-state index contributed by atoms with van der Waals surface area (Å²) in [5.41, 5.74) is 1.17. The van der Waals surface area contributed by atoms with Crippen molar-refractivity contribution < 1.29 is 14.3 Å². The Hall–Kier alpha value is -1.83. The van der Waals surface area contributed by atoms with Crippen molar-refractivity contribution in [2.45, 2.75) is 31.3 Å². The molecule has 120 valence electrons. The van der Waals surface area contributed by atoms with Crippen LogP contribution in [-0.2, 0) is 27.7 Å². The SMILES string of the molecule is Cn1c(Cc2ccccc2)nn([C@H]2CC(=O)[C@@H]3OC[C@H]2O3)c1=S. The van der Waals surface area contributed by atoms with Gasteiger partial charge >= 0.3 is 0 Å². The second-order valence-electron chi connectivity index (χ2n) is 5.94. The zero-order valence-corrected chi connectivity index (χ0v) is 13.5. The highest BCUT2D eigenvalue weighted by Crippen LogP contribution is 2.32. The van der Waals surface area contributed by atoms with Gasteiger partial charge in [-0.3, -0.25) is 4.79 Å². The number of carbonyl (C=O) groups excluding carboxylic acids is 1. The molecule has 0 amide bonds. The van der Waals surface area contributed by atoms with Crippen molar-refractivity contribution in [2.24, 2.45) is 7.05 Å². The lowest BCUT2D eigenvalue weighted by atomic mass is 10.0. The molecule has 0 aliphatic carbocycles. The number of carbonyl (C=O) groups is 1. The fraction of sp³-hybridized carbons (Fsp3) is 0.438. The molecule has 2 saturated heterocycles. The molecular formula is C16H17N3O3S. The number of benzene rings is 1. The summed E-state index contributed by atoms with van der Waals surface area (Å²) < 4.78 is 15.2. The van der Waals surface area contributed by atoms with E-state index in [2.05, 4.69) is 17.2 Å². The Labute approximate surface area is 138 Å². The smallest absolute Gasteiger partial charge is 0.218 e. The van der Waals surface area contributed by atoms with Gasteiger partial charge in [0.1, 0.15) is 11.9 Å². The first kappa shape index (κ1) is 14.7. The second kappa shape index (κ2) is 5.67. The third kappa shape index (κ3) is 2.54. The van der Waals surface area contributed by atoms with Gasteiger partial charge in [-0.1, -0.05) is 30.3 Å². The molecule has 0 N–H and O–H groups in total. The first-order chi connectivity index (χ1) is 11.1. The summed E-state index contributed by atoms with van der Waals surface area (Å²) in [5.74, 6) is 0.829. The second-order valence-corrected chi connectivity index (χ2v) is 6.31. The first-order valence-corrected chi connectivity index (χ1v) is 8.02. The Morgan fingerprint density at radius 3 is 2.91 bits per heavy atom. The maximum atomic E-state index is 12.0. The van der Waals surface area contributed by atoms with Crippen molar-refractivity contribution in [3.8, 4) is 0 Å². The zero-order valence-electron chi connectivity index (χ0n) is 12.7. The summed E-state index contributed by atoms with van der Waals surface area (Å²) in [7, 11) is 1.91. The molecule has 2 aromatic rings. The molecular weight excluding hydrogens is 314 g/mol. The fourth-order valence-corrected chi connectivity index (χ4v) is 3.40. The van der Waals surface area contributed by atoms with Gasteiger partial charge in [-0.15, -0.1) is 0 Å². The van der Waals surface area contributed by atoms with E-state index in [0.29, 0.717) is 24.2 Å². The van der Waals surface area contributed by atoms with Gasteiger partial charge < -0.3 is 14.0 Å². The number of fused-ring (bicyclic) bond motifs is 2. The average molecular weight is 331 g/mol. The summed E-state index contributed by atoms with van der Waals surface area (Å²) in [6.45, 7) is 0.410. The number of ether oxygens (including phenoxy) is 2. The molecule has 3 heterocycles. The van der Waals surface area contributed by atoms with Crippen LogP contribution in [0.1, 0.15) is 23.9 Å². The molecule has 4 rings (SSSR count). The lowest BCUT2D eigenvalue weighted by molar-refractivity contribution is -0.156. The summed E-state index contributed by atoms with van der Waals surface area (Å²) in [6, 6.07) is 9.93. The van der Waals surface area contributed by atoms with Crippen LogP contribution < -0.4 is 0 Å². The quantitative estimate of drug-likeness (QED) is 0.803. The molecule has 3 atom stereocenters. The largest absolute Gasteiger partial charge is 0.343 e. The Morgan fingerprint density at radius 2 is 2.13 bits per heavy atom. The van der Waals surface area contributed by atoms with Gasteiger partial charge in [0.05, 0.1) is 12.6 Å². The van der Waals surface area contributed by atoms with Crippen molar-refractivity contribution in [2.75, 3.05) is 6.61 Å². The van der Waals surface area contributed by atoms with Crippen LogP contribution in [0.2, 0.25) is 0 Å². The summed E-state index contributed by atoms with van der Waals surface area (Å²) in [5, 5.41) is 4.67. The fourth-order valence-electron chi connectivity index (χ4n) is 3.11. The van der Waals surface area contributed by atoms with Gasteiger partial charge in [0, 0.05) is 19.9 Å². The molecule has 7 heteroatoms. The highest BCUT2D eigenvalue weighted by molar-refractivity contribution is 7.71. The summed E-state index contributed by atoms with van der Waals surface area (Å²) in [6.07, 6.45) is 0.187. The predicted octanol–water partition coefficient (Wildman–Crippen LogP) is 1.80. The molecule has 2 aliphatic heterocycles. The van der Waals surface area contributed by atoms with Crippen molar-refractivity contribution in [3.63, 3.8) is 0 Å². The van der Waals surface area contributed by atoms with Crippen LogP contribution in [0.4, 0.5) is 0 Å². The maximum absolute atomic E-state index is 12.0. The van der Waals surface area contributed by atoms with Gasteiger partial charge in [0.15, 0.2) is 10.6 Å². The zero-order chi connectivity index (χ0) is 16.0. The average Bonchev–Trinajstić information content (AvgIpc) is 3.11. The molecule has 0 unspecified atom stereocenters. The number of hydrogen-bond acceptors (Lipinski definition) is 5. The van der Waals surface area contributed by atoms with Gasteiger partial charge in [0.2, 0.25) is 6.29 Å². The van der Waals surface area contributed by atoms with E-state index >= 15 is 0 Å². The van der Waals surface area contributed by atoms with Crippen molar-refractivity contribution in [1.29, 1.82) is 0 Å². The minimum atomic E-state index is -0.696. The molecule has 1 aromatic carbocycles. The van der Waals surface area contributed by atoms with Crippen LogP contribution >= 0.6 is 12.2 Å². The summed E-state index contributed by atoms with van der Waals surface area (Å²) >= 11 is 5.52. The van der Waals surface area contributed by atoms with Crippen molar-refractivity contribution in [1.82, 2.24) is 14.3 Å². The normalized spacial score (nSPS) is 26.7. The minimum Gasteiger partial charge on any atom is -0.343 e. The van der Waals surface area contributed by atoms with E-state index < -0.39 is 6.29 Å². The van der Waals surface area contributed by atoms with Gasteiger partial charge in [-0.25, -0.2) is 4.68 Å². The van der Waals surface area contributed by atoms with E-state index in [-0.39, 0.29) is 17.9 Å². The standard InChI is InChI=1S/C16H17N3O3S/c1-18-14(7-10-5-3-2-4-6-10)17-19(16(18)23)11-8-12(20)15-21-9-13(11)22-15/h2-6,11,13,15H,7-9H2,1H3/t11-,13+,15+/m0/s1. The van der Waals surface area contributed by atoms with Gasteiger partial charge in [0.25, 0.3) is 0 Å². The van der Waals surface area contributed by atoms with E-state index in [9.17, 15) is 4.79 Å². The number of aromatic nitrogens is 3. The van der Waals surface area contributed by atoms with E-state index in [1.165, 1.54) is 5.56 Å². The lowest BCUT2D eigenvalue weighted by Gasteiger charge is -2.26. The van der Waals surface area contributed by atoms with E-state index in [1.54, 1.807) is 4.68 Å². The molecule has 2 aliphatic rings. The van der Waals surface area contributed by atoms with Crippen molar-refractivity contribution >= 4 is 18.0 Å². The maximum Gasteiger partial charge on any atom is 0.218 e. The van der Waals surface area contributed by atoms with E-state index in [4.69, 9.17) is 21.7 Å². The molecule has 0 spiro atoms. The van der Waals surface area contributed by atoms with E-state index in [0.717, 1.165) is 5.82 Å². The van der Waals surface area contributed by atoms with Crippen LogP contribution in [0.15, 0.2) is 30.3 Å². The topological polar surface area (TPSA) is 58.3 Å². The number of ketones is 1. The highest BCUT2D eigenvalue weighted by atomic mass is 32.1. The monoisotopic (exact) mass is 331 g/mol. The third-order valence-electron chi connectivity index (χ3n) is 4.43. The number of nitrogens with zero attached hydrogens (tertiary/aromatic N) is 3. The number of rotatable bonds is 3. The van der Waals surface area contributed by atoms with Crippen LogP contribution in [0, 0.1) is 4.77 Å². The van der Waals surface area contributed by atoms with E-state index in [1.807, 2.05) is 29.8 Å². The molecule has 2 bridgehead atoms. The van der Waals surface area contributed by atoms with Crippen LogP contribution in [0.25, 0.3) is 0 Å². The molecule has 1 aromatic heterocycles. The summed E-state index contributed by atoms with van der Waals surface area (Å²) in [4.78, 5) is 12.0. The Morgan fingerprint density at radius 1 is 1.35 bits per heavy atom. The number of hydrogen-bond donors (Lipinski definition) is 0. The highest BCUT2D eigenvalue weighted by Gasteiger charge is 2.44. The number of Topliss-reactive ketones (excluding diaryl/α,β-unsaturated/α-hetero) is 1. The van der Waals surface area contributed by atoms with Crippen molar-refractivity contribution in [3.05, 3.63) is 46.5 Å². The first-order valence-electron chi connectivity index (χ1n) is 7.61. The predicted molar refractivity (Wildman–Crippen MR) is 84.6 cm³/mol. The Balaban J connectivity index is 1.66. The van der Waals surface area contributed by atoms with Gasteiger partial charge in [-0.05, 0) is 17.8 Å². The molecule has 6 nitrogen and oxygen atoms in total. The minimum absolute atomic E-state index is 0.0408.